The summed E-state index contributed by atoms with van der Waals surface area (Å²) in [7, 11) is 0. The lowest BCUT2D eigenvalue weighted by molar-refractivity contribution is -0.0757. The number of rotatable bonds is 1. The van der Waals surface area contributed by atoms with E-state index in [0.717, 1.165) is 6.42 Å². The Morgan fingerprint density at radius 2 is 2.12 bits per heavy atom. The Balaban J connectivity index is 2.31. The number of aliphatic hydroxyl groups is 1. The van der Waals surface area contributed by atoms with Gasteiger partial charge in [-0.2, -0.15) is 0 Å². The van der Waals surface area contributed by atoms with Gasteiger partial charge in [-0.05, 0) is 57.3 Å². The maximum absolute atomic E-state index is 10.3. The monoisotopic (exact) mass is 222 g/mol. The zero-order chi connectivity index (χ0) is 12.0. The summed E-state index contributed by atoms with van der Waals surface area (Å²) in [5.74, 6) is 0.713. The van der Waals surface area contributed by atoms with Crippen LogP contribution in [0.3, 0.4) is 0 Å². The first-order valence-corrected chi connectivity index (χ1v) is 6.69. The second-order valence-electron chi connectivity index (χ2n) is 6.94. The Bertz CT molecular complexity index is 301. The van der Waals surface area contributed by atoms with Crippen LogP contribution in [-0.4, -0.2) is 11.2 Å². The van der Waals surface area contributed by atoms with E-state index in [1.807, 2.05) is 6.92 Å². The van der Waals surface area contributed by atoms with Crippen LogP contribution in [0.2, 0.25) is 0 Å². The molecule has 2 rings (SSSR count). The molecule has 0 amide bonds. The van der Waals surface area contributed by atoms with Gasteiger partial charge >= 0.3 is 0 Å². The fourth-order valence-corrected chi connectivity index (χ4v) is 4.02. The third-order valence-electron chi connectivity index (χ3n) is 5.02. The molecule has 92 valence electrons. The molecule has 1 nitrogen and oxygen atoms in total. The van der Waals surface area contributed by atoms with E-state index in [1.54, 1.807) is 0 Å². The largest absolute Gasteiger partial charge is 0.393 e. The Morgan fingerprint density at radius 1 is 1.44 bits per heavy atom. The van der Waals surface area contributed by atoms with E-state index in [0.29, 0.717) is 11.3 Å². The molecule has 3 atom stereocenters. The van der Waals surface area contributed by atoms with E-state index in [1.165, 1.54) is 31.3 Å². The van der Waals surface area contributed by atoms with Crippen LogP contribution >= 0.6 is 0 Å². The van der Waals surface area contributed by atoms with E-state index >= 15 is 0 Å². The minimum Gasteiger partial charge on any atom is -0.393 e. The Morgan fingerprint density at radius 3 is 2.75 bits per heavy atom. The smallest absolute Gasteiger partial charge is 0.0574 e. The SMILES string of the molecule is CC1=CCC2(C(C)O)CC(C)(C)CCC2C1. The van der Waals surface area contributed by atoms with Gasteiger partial charge in [-0.3, -0.25) is 0 Å². The third-order valence-corrected chi connectivity index (χ3v) is 5.02. The van der Waals surface area contributed by atoms with Gasteiger partial charge in [-0.15, -0.1) is 0 Å². The van der Waals surface area contributed by atoms with Crippen LogP contribution in [0.15, 0.2) is 11.6 Å². The number of hydrogen-bond acceptors (Lipinski definition) is 1. The molecule has 0 spiro atoms. The third kappa shape index (κ3) is 1.95. The summed E-state index contributed by atoms with van der Waals surface area (Å²) >= 11 is 0. The first-order chi connectivity index (χ1) is 7.36. The summed E-state index contributed by atoms with van der Waals surface area (Å²) < 4.78 is 0. The van der Waals surface area contributed by atoms with Crippen molar-refractivity contribution in [1.29, 1.82) is 0 Å². The van der Waals surface area contributed by atoms with Crippen LogP contribution in [0.4, 0.5) is 0 Å². The highest BCUT2D eigenvalue weighted by Crippen LogP contribution is 2.57. The van der Waals surface area contributed by atoms with Gasteiger partial charge < -0.3 is 5.11 Å². The zero-order valence-corrected chi connectivity index (χ0v) is 11.2. The predicted octanol–water partition coefficient (Wildman–Crippen LogP) is 3.92. The van der Waals surface area contributed by atoms with Gasteiger partial charge in [0.05, 0.1) is 6.10 Å². The minimum absolute atomic E-state index is 0.165. The van der Waals surface area contributed by atoms with Crippen LogP contribution in [-0.2, 0) is 0 Å². The molecule has 1 N–H and O–H groups in total. The Kier molecular flexibility index (Phi) is 2.94. The highest BCUT2D eigenvalue weighted by atomic mass is 16.3. The molecule has 0 heterocycles. The molecule has 0 aromatic carbocycles. The van der Waals surface area contributed by atoms with E-state index in [9.17, 15) is 5.11 Å². The standard InChI is InChI=1S/C15H26O/c1-11-5-8-15(12(2)16)10-14(3,4)7-6-13(15)9-11/h5,12-13,16H,6-10H2,1-4H3. The van der Waals surface area contributed by atoms with Gasteiger partial charge in [0.15, 0.2) is 0 Å². The molecule has 1 fully saturated rings. The molecule has 16 heavy (non-hydrogen) atoms. The highest BCUT2D eigenvalue weighted by Gasteiger charge is 2.49. The van der Waals surface area contributed by atoms with Gasteiger partial charge in [0, 0.05) is 5.41 Å². The summed E-state index contributed by atoms with van der Waals surface area (Å²) in [5.41, 5.74) is 2.11. The molecule has 3 unspecified atom stereocenters. The van der Waals surface area contributed by atoms with Crippen LogP contribution < -0.4 is 0 Å². The van der Waals surface area contributed by atoms with E-state index in [4.69, 9.17) is 0 Å². The number of aliphatic hydroxyl groups excluding tert-OH is 1. The summed E-state index contributed by atoms with van der Waals surface area (Å²) in [6.45, 7) is 8.96. The lowest BCUT2D eigenvalue weighted by atomic mass is 9.52. The number of allylic oxidation sites excluding steroid dienone is 2. The van der Waals surface area contributed by atoms with Crippen LogP contribution in [0, 0.1) is 16.7 Å². The van der Waals surface area contributed by atoms with E-state index < -0.39 is 0 Å². The predicted molar refractivity (Wildman–Crippen MR) is 68.2 cm³/mol. The van der Waals surface area contributed by atoms with Gasteiger partial charge in [0.1, 0.15) is 0 Å². The van der Waals surface area contributed by atoms with Gasteiger partial charge in [-0.1, -0.05) is 25.5 Å². The van der Waals surface area contributed by atoms with E-state index in [2.05, 4.69) is 26.8 Å². The second-order valence-corrected chi connectivity index (χ2v) is 6.94. The quantitative estimate of drug-likeness (QED) is 0.667. The van der Waals surface area contributed by atoms with Crippen molar-refractivity contribution in [3.05, 3.63) is 11.6 Å². The minimum atomic E-state index is -0.165. The molecule has 0 aliphatic heterocycles. The Hall–Kier alpha value is -0.300. The summed E-state index contributed by atoms with van der Waals surface area (Å²) in [5, 5.41) is 10.3. The van der Waals surface area contributed by atoms with Crippen molar-refractivity contribution in [3.63, 3.8) is 0 Å². The number of fused-ring (bicyclic) bond motifs is 1. The zero-order valence-electron chi connectivity index (χ0n) is 11.2. The Labute approximate surface area is 99.9 Å². The summed E-state index contributed by atoms with van der Waals surface area (Å²) in [4.78, 5) is 0. The van der Waals surface area contributed by atoms with Gasteiger partial charge in [0.2, 0.25) is 0 Å². The van der Waals surface area contributed by atoms with Crippen LogP contribution in [0.5, 0.6) is 0 Å². The normalized spacial score (nSPS) is 39.8. The molecule has 0 aromatic rings. The maximum Gasteiger partial charge on any atom is 0.0574 e. The lowest BCUT2D eigenvalue weighted by Crippen LogP contribution is -2.48. The molecule has 2 aliphatic carbocycles. The van der Waals surface area contributed by atoms with Gasteiger partial charge in [0.25, 0.3) is 0 Å². The first kappa shape index (κ1) is 12.2. The lowest BCUT2D eigenvalue weighted by Gasteiger charge is -2.53. The van der Waals surface area contributed by atoms with Crippen molar-refractivity contribution in [2.45, 2.75) is 65.9 Å². The molecule has 0 radical (unpaired) electrons. The van der Waals surface area contributed by atoms with Crippen molar-refractivity contribution in [1.82, 2.24) is 0 Å². The molecular formula is C15H26O. The summed E-state index contributed by atoms with van der Waals surface area (Å²) in [6, 6.07) is 0. The molecule has 1 saturated carbocycles. The maximum atomic E-state index is 10.3. The average molecular weight is 222 g/mol. The first-order valence-electron chi connectivity index (χ1n) is 6.69. The topological polar surface area (TPSA) is 20.2 Å². The van der Waals surface area contributed by atoms with Crippen LogP contribution in [0.1, 0.15) is 59.8 Å². The fraction of sp³-hybridized carbons (Fsp3) is 0.867. The van der Waals surface area contributed by atoms with Crippen molar-refractivity contribution >= 4 is 0 Å². The van der Waals surface area contributed by atoms with Crippen molar-refractivity contribution < 1.29 is 5.11 Å². The van der Waals surface area contributed by atoms with Crippen molar-refractivity contribution in [2.24, 2.45) is 16.7 Å². The summed E-state index contributed by atoms with van der Waals surface area (Å²) in [6.07, 6.45) is 8.30. The van der Waals surface area contributed by atoms with Crippen molar-refractivity contribution in [2.75, 3.05) is 0 Å². The molecule has 0 aromatic heterocycles. The van der Waals surface area contributed by atoms with Gasteiger partial charge in [-0.25, -0.2) is 0 Å². The average Bonchev–Trinajstić information content (AvgIpc) is 2.17. The van der Waals surface area contributed by atoms with E-state index in [-0.39, 0.29) is 11.5 Å². The molecule has 0 bridgehead atoms. The van der Waals surface area contributed by atoms with Crippen LogP contribution in [0.25, 0.3) is 0 Å². The molecule has 1 heteroatoms. The highest BCUT2D eigenvalue weighted by molar-refractivity contribution is 5.14. The molecule has 2 aliphatic rings. The number of hydrogen-bond donors (Lipinski definition) is 1. The second kappa shape index (κ2) is 3.87. The molecular weight excluding hydrogens is 196 g/mol. The molecule has 0 saturated heterocycles. The van der Waals surface area contributed by atoms with Crippen molar-refractivity contribution in [3.8, 4) is 0 Å². The fourth-order valence-electron chi connectivity index (χ4n) is 4.02.